The molecule has 4 nitrogen and oxygen atoms in total. The van der Waals surface area contributed by atoms with Crippen LogP contribution in [0.15, 0.2) is 16.7 Å². The molecule has 1 aromatic heterocycles. The van der Waals surface area contributed by atoms with Gasteiger partial charge in [-0.2, -0.15) is 5.26 Å². The van der Waals surface area contributed by atoms with Crippen LogP contribution in [0.25, 0.3) is 0 Å². The van der Waals surface area contributed by atoms with Crippen LogP contribution in [0.2, 0.25) is 0 Å². The third-order valence-corrected chi connectivity index (χ3v) is 2.07. The molecule has 1 rings (SSSR count). The van der Waals surface area contributed by atoms with Gasteiger partial charge in [-0.25, -0.2) is 0 Å². The van der Waals surface area contributed by atoms with Gasteiger partial charge < -0.3 is 9.32 Å². The Morgan fingerprint density at radius 3 is 2.79 bits per heavy atom. The van der Waals surface area contributed by atoms with Crippen molar-refractivity contribution in [3.8, 4) is 6.07 Å². The Kier molecular flexibility index (Phi) is 2.92. The van der Waals surface area contributed by atoms with Crippen LogP contribution in [0.4, 0.5) is 0 Å². The Labute approximate surface area is 82.7 Å². The summed E-state index contributed by atoms with van der Waals surface area (Å²) in [4.78, 5) is 13.1. The lowest BCUT2D eigenvalue weighted by Gasteiger charge is -2.17. The smallest absolute Gasteiger partial charge is 0.257 e. The van der Waals surface area contributed by atoms with Crippen molar-refractivity contribution in [1.29, 1.82) is 5.26 Å². The maximum Gasteiger partial charge on any atom is 0.257 e. The second kappa shape index (κ2) is 3.97. The van der Waals surface area contributed by atoms with Crippen LogP contribution in [0, 0.1) is 18.3 Å². The molecule has 74 valence electrons. The average molecular weight is 192 g/mol. The van der Waals surface area contributed by atoms with Gasteiger partial charge in [0.25, 0.3) is 5.91 Å². The van der Waals surface area contributed by atoms with Gasteiger partial charge in [-0.3, -0.25) is 4.79 Å². The van der Waals surface area contributed by atoms with E-state index in [9.17, 15) is 4.79 Å². The molecular formula is C10H12N2O2. The number of aryl methyl sites for hydroxylation is 1. The zero-order chi connectivity index (χ0) is 10.7. The molecule has 0 aliphatic rings. The van der Waals surface area contributed by atoms with Crippen molar-refractivity contribution in [3.63, 3.8) is 0 Å². The largest absolute Gasteiger partial charge is 0.469 e. The van der Waals surface area contributed by atoms with Gasteiger partial charge in [-0.05, 0) is 19.9 Å². The standard InChI is InChI=1S/C10H12N2O2/c1-7(5-11)12(3)10(13)9-4-8(2)14-6-9/h4,6-7H,1-3H3. The van der Waals surface area contributed by atoms with Crippen molar-refractivity contribution in [2.75, 3.05) is 7.05 Å². The Morgan fingerprint density at radius 1 is 1.71 bits per heavy atom. The van der Waals surface area contributed by atoms with Crippen molar-refractivity contribution in [1.82, 2.24) is 4.90 Å². The maximum atomic E-state index is 11.7. The summed E-state index contributed by atoms with van der Waals surface area (Å²) in [5.74, 6) is 0.488. The maximum absolute atomic E-state index is 11.7. The Morgan fingerprint density at radius 2 is 2.36 bits per heavy atom. The molecule has 0 N–H and O–H groups in total. The number of carbonyl (C=O) groups excluding carboxylic acids is 1. The highest BCUT2D eigenvalue weighted by Crippen LogP contribution is 2.10. The first kappa shape index (κ1) is 10.3. The molecule has 0 radical (unpaired) electrons. The number of furan rings is 1. The third kappa shape index (κ3) is 1.94. The van der Waals surface area contributed by atoms with Crippen LogP contribution in [0.5, 0.6) is 0 Å². The van der Waals surface area contributed by atoms with Gasteiger partial charge in [0.05, 0.1) is 11.6 Å². The molecular weight excluding hydrogens is 180 g/mol. The molecule has 0 aliphatic heterocycles. The summed E-state index contributed by atoms with van der Waals surface area (Å²) in [5.41, 5.74) is 0.479. The summed E-state index contributed by atoms with van der Waals surface area (Å²) in [5, 5.41) is 8.64. The summed E-state index contributed by atoms with van der Waals surface area (Å²) in [6.45, 7) is 3.44. The third-order valence-electron chi connectivity index (χ3n) is 2.07. The predicted octanol–water partition coefficient (Wildman–Crippen LogP) is 1.57. The summed E-state index contributed by atoms with van der Waals surface area (Å²) in [7, 11) is 1.60. The van der Waals surface area contributed by atoms with E-state index in [1.165, 1.54) is 11.2 Å². The molecule has 0 saturated heterocycles. The van der Waals surface area contributed by atoms with Crippen LogP contribution in [-0.4, -0.2) is 23.9 Å². The molecule has 0 aliphatic carbocycles. The van der Waals surface area contributed by atoms with Gasteiger partial charge in [-0.15, -0.1) is 0 Å². The Bertz CT molecular complexity index is 376. The van der Waals surface area contributed by atoms with Crippen molar-refractivity contribution >= 4 is 5.91 Å². The van der Waals surface area contributed by atoms with Gasteiger partial charge in [0, 0.05) is 7.05 Å². The Hall–Kier alpha value is -1.76. The molecule has 1 unspecified atom stereocenters. The fraction of sp³-hybridized carbons (Fsp3) is 0.400. The van der Waals surface area contributed by atoms with E-state index in [1.54, 1.807) is 27.0 Å². The number of carbonyl (C=O) groups is 1. The topological polar surface area (TPSA) is 57.2 Å². The van der Waals surface area contributed by atoms with E-state index in [0.717, 1.165) is 0 Å². The van der Waals surface area contributed by atoms with Gasteiger partial charge in [0.2, 0.25) is 0 Å². The van der Waals surface area contributed by atoms with E-state index in [0.29, 0.717) is 11.3 Å². The molecule has 0 saturated carbocycles. The van der Waals surface area contributed by atoms with Crippen LogP contribution in [0.1, 0.15) is 23.0 Å². The lowest BCUT2D eigenvalue weighted by atomic mass is 10.2. The number of amides is 1. The second-order valence-electron chi connectivity index (χ2n) is 3.17. The van der Waals surface area contributed by atoms with Crippen LogP contribution >= 0.6 is 0 Å². The average Bonchev–Trinajstić information content (AvgIpc) is 2.61. The summed E-state index contributed by atoms with van der Waals surface area (Å²) in [6, 6.07) is 3.22. The molecule has 0 fully saturated rings. The van der Waals surface area contributed by atoms with E-state index in [1.807, 2.05) is 6.07 Å². The van der Waals surface area contributed by atoms with Crippen LogP contribution in [-0.2, 0) is 0 Å². The van der Waals surface area contributed by atoms with E-state index in [-0.39, 0.29) is 5.91 Å². The zero-order valence-corrected chi connectivity index (χ0v) is 8.44. The fourth-order valence-electron chi connectivity index (χ4n) is 1.02. The number of nitriles is 1. The number of hydrogen-bond acceptors (Lipinski definition) is 3. The highest BCUT2D eigenvalue weighted by Gasteiger charge is 2.18. The minimum Gasteiger partial charge on any atom is -0.469 e. The molecule has 1 atom stereocenters. The summed E-state index contributed by atoms with van der Waals surface area (Å²) >= 11 is 0. The van der Waals surface area contributed by atoms with Gasteiger partial charge >= 0.3 is 0 Å². The van der Waals surface area contributed by atoms with Crippen molar-refractivity contribution in [3.05, 3.63) is 23.7 Å². The lowest BCUT2D eigenvalue weighted by Crippen LogP contribution is -2.33. The molecule has 0 aromatic carbocycles. The fourth-order valence-corrected chi connectivity index (χ4v) is 1.02. The number of hydrogen-bond donors (Lipinski definition) is 0. The predicted molar refractivity (Wildman–Crippen MR) is 50.6 cm³/mol. The summed E-state index contributed by atoms with van der Waals surface area (Å²) in [6.07, 6.45) is 1.40. The molecule has 1 heterocycles. The quantitative estimate of drug-likeness (QED) is 0.714. The SMILES string of the molecule is Cc1cc(C(=O)N(C)C(C)C#N)co1. The van der Waals surface area contributed by atoms with Crippen LogP contribution < -0.4 is 0 Å². The van der Waals surface area contributed by atoms with Gasteiger partial charge in [0.15, 0.2) is 0 Å². The Balaban J connectivity index is 2.81. The minimum absolute atomic E-state index is 0.198. The molecule has 1 amide bonds. The van der Waals surface area contributed by atoms with Gasteiger partial charge in [0.1, 0.15) is 18.1 Å². The molecule has 14 heavy (non-hydrogen) atoms. The van der Waals surface area contributed by atoms with E-state index in [2.05, 4.69) is 0 Å². The first-order chi connectivity index (χ1) is 6.56. The molecule has 4 heteroatoms. The lowest BCUT2D eigenvalue weighted by molar-refractivity contribution is 0.0772. The molecule has 0 bridgehead atoms. The highest BCUT2D eigenvalue weighted by atomic mass is 16.3. The first-order valence-corrected chi connectivity index (χ1v) is 4.28. The minimum atomic E-state index is -0.433. The molecule has 1 aromatic rings. The number of nitrogens with zero attached hydrogens (tertiary/aromatic N) is 2. The number of rotatable bonds is 2. The zero-order valence-electron chi connectivity index (χ0n) is 8.44. The van der Waals surface area contributed by atoms with E-state index in [4.69, 9.17) is 9.68 Å². The first-order valence-electron chi connectivity index (χ1n) is 4.28. The summed E-state index contributed by atoms with van der Waals surface area (Å²) < 4.78 is 5.02. The normalized spacial score (nSPS) is 11.9. The second-order valence-corrected chi connectivity index (χ2v) is 3.17. The molecule has 0 spiro atoms. The van der Waals surface area contributed by atoms with Crippen LogP contribution in [0.3, 0.4) is 0 Å². The van der Waals surface area contributed by atoms with Crippen molar-refractivity contribution in [2.24, 2.45) is 0 Å². The van der Waals surface area contributed by atoms with E-state index >= 15 is 0 Å². The van der Waals surface area contributed by atoms with Crippen molar-refractivity contribution in [2.45, 2.75) is 19.9 Å². The highest BCUT2D eigenvalue weighted by molar-refractivity contribution is 5.94. The van der Waals surface area contributed by atoms with Crippen molar-refractivity contribution < 1.29 is 9.21 Å². The monoisotopic (exact) mass is 192 g/mol. The van der Waals surface area contributed by atoms with Gasteiger partial charge in [-0.1, -0.05) is 0 Å². The van der Waals surface area contributed by atoms with E-state index < -0.39 is 6.04 Å².